The highest BCUT2D eigenvalue weighted by Gasteiger charge is 2.11. The largest absolute Gasteiger partial charge is 0.487 e. The van der Waals surface area contributed by atoms with Gasteiger partial charge < -0.3 is 9.15 Å². The number of ether oxygens (including phenoxy) is 1. The fourth-order valence-electron chi connectivity index (χ4n) is 2.70. The number of halogens is 3. The van der Waals surface area contributed by atoms with E-state index in [1.165, 1.54) is 6.07 Å². The van der Waals surface area contributed by atoms with Gasteiger partial charge in [-0.15, -0.1) is 0 Å². The van der Waals surface area contributed by atoms with Crippen LogP contribution in [-0.2, 0) is 13.0 Å². The Bertz CT molecular complexity index is 995. The minimum Gasteiger partial charge on any atom is -0.487 e. The van der Waals surface area contributed by atoms with Crippen LogP contribution in [0.2, 0.25) is 15.1 Å². The van der Waals surface area contributed by atoms with Crippen molar-refractivity contribution in [1.29, 1.82) is 0 Å². The van der Waals surface area contributed by atoms with Crippen LogP contribution in [0.15, 0.2) is 45.6 Å². The van der Waals surface area contributed by atoms with Gasteiger partial charge in [-0.25, -0.2) is 4.79 Å². The lowest BCUT2D eigenvalue weighted by atomic mass is 10.0. The zero-order valence-electron chi connectivity index (χ0n) is 14.2. The highest BCUT2D eigenvalue weighted by molar-refractivity contribution is 6.42. The van der Waals surface area contributed by atoms with E-state index in [1.54, 1.807) is 24.3 Å². The van der Waals surface area contributed by atoms with Crippen LogP contribution in [0.25, 0.3) is 11.0 Å². The fourth-order valence-corrected chi connectivity index (χ4v) is 3.24. The van der Waals surface area contributed by atoms with Crippen LogP contribution in [0.5, 0.6) is 5.75 Å². The minimum absolute atomic E-state index is 0.266. The molecule has 3 nitrogen and oxygen atoms in total. The molecule has 0 atom stereocenters. The molecule has 0 saturated heterocycles. The summed E-state index contributed by atoms with van der Waals surface area (Å²) in [7, 11) is 0. The Hall–Kier alpha value is -1.68. The summed E-state index contributed by atoms with van der Waals surface area (Å²) in [6, 6.07) is 10.3. The highest BCUT2D eigenvalue weighted by atomic mass is 35.5. The second-order valence-electron chi connectivity index (χ2n) is 6.01. The maximum atomic E-state index is 11.8. The monoisotopic (exact) mass is 410 g/mol. The Morgan fingerprint density at radius 3 is 2.54 bits per heavy atom. The van der Waals surface area contributed by atoms with Gasteiger partial charge in [0.05, 0.1) is 15.1 Å². The van der Waals surface area contributed by atoms with Gasteiger partial charge in [-0.2, -0.15) is 0 Å². The Kier molecular flexibility index (Phi) is 6.13. The van der Waals surface area contributed by atoms with E-state index >= 15 is 0 Å². The zero-order chi connectivity index (χ0) is 18.7. The first kappa shape index (κ1) is 19.1. The maximum Gasteiger partial charge on any atom is 0.336 e. The molecule has 0 spiro atoms. The molecule has 0 aliphatic rings. The third-order valence-corrected chi connectivity index (χ3v) is 5.10. The Morgan fingerprint density at radius 2 is 1.81 bits per heavy atom. The molecule has 0 radical (unpaired) electrons. The topological polar surface area (TPSA) is 39.4 Å². The van der Waals surface area contributed by atoms with Gasteiger partial charge in [0, 0.05) is 17.5 Å². The number of fused-ring (bicyclic) bond motifs is 1. The lowest BCUT2D eigenvalue weighted by Crippen LogP contribution is -2.02. The van der Waals surface area contributed by atoms with E-state index in [1.807, 2.05) is 6.07 Å². The van der Waals surface area contributed by atoms with Crippen molar-refractivity contribution < 1.29 is 9.15 Å². The summed E-state index contributed by atoms with van der Waals surface area (Å²) in [4.78, 5) is 11.8. The van der Waals surface area contributed by atoms with Gasteiger partial charge in [-0.1, -0.05) is 54.2 Å². The number of hydrogen-bond acceptors (Lipinski definition) is 3. The minimum atomic E-state index is -0.374. The van der Waals surface area contributed by atoms with Crippen molar-refractivity contribution in [2.45, 2.75) is 32.8 Å². The molecule has 26 heavy (non-hydrogen) atoms. The number of benzene rings is 2. The zero-order valence-corrected chi connectivity index (χ0v) is 16.4. The lowest BCUT2D eigenvalue weighted by molar-refractivity contribution is 0.306. The van der Waals surface area contributed by atoms with E-state index in [0.717, 1.165) is 35.8 Å². The molecule has 6 heteroatoms. The summed E-state index contributed by atoms with van der Waals surface area (Å²) in [6.45, 7) is 2.37. The molecule has 3 aromatic rings. The average Bonchev–Trinajstić information content (AvgIpc) is 2.61. The quantitative estimate of drug-likeness (QED) is 0.425. The summed E-state index contributed by atoms with van der Waals surface area (Å²) in [6.07, 6.45) is 2.84. The molecular weight excluding hydrogens is 395 g/mol. The molecule has 0 N–H and O–H groups in total. The third kappa shape index (κ3) is 4.35. The van der Waals surface area contributed by atoms with Crippen LogP contribution in [-0.4, -0.2) is 0 Å². The molecule has 0 aliphatic carbocycles. The van der Waals surface area contributed by atoms with Crippen LogP contribution in [0.4, 0.5) is 0 Å². The number of unbranched alkanes of at least 4 members (excludes halogenated alkanes) is 1. The Morgan fingerprint density at radius 1 is 1.00 bits per heavy atom. The second kappa shape index (κ2) is 8.34. The van der Waals surface area contributed by atoms with Crippen molar-refractivity contribution in [1.82, 2.24) is 0 Å². The third-order valence-electron chi connectivity index (χ3n) is 4.06. The van der Waals surface area contributed by atoms with Crippen LogP contribution in [0.3, 0.4) is 0 Å². The first-order chi connectivity index (χ1) is 12.5. The normalized spacial score (nSPS) is 11.1. The van der Waals surface area contributed by atoms with Crippen molar-refractivity contribution in [2.24, 2.45) is 0 Å². The molecule has 0 fully saturated rings. The highest BCUT2D eigenvalue weighted by Crippen LogP contribution is 2.32. The molecule has 0 aliphatic heterocycles. The standard InChI is InChI=1S/C20H17Cl3O3/c1-2-3-4-13-8-20(24)26-18-10-19(17(23)9-14(13)18)25-11-12-5-6-15(21)16(22)7-12/h5-10H,2-4,11H2,1H3. The molecule has 1 heterocycles. The lowest BCUT2D eigenvalue weighted by Gasteiger charge is -2.11. The van der Waals surface area contributed by atoms with Crippen molar-refractivity contribution in [3.05, 3.63) is 73.0 Å². The van der Waals surface area contributed by atoms with Crippen LogP contribution < -0.4 is 10.4 Å². The first-order valence-corrected chi connectivity index (χ1v) is 9.44. The Labute approximate surface area is 166 Å². The molecule has 0 unspecified atom stereocenters. The van der Waals surface area contributed by atoms with Crippen LogP contribution in [0.1, 0.15) is 30.9 Å². The van der Waals surface area contributed by atoms with Gasteiger partial charge in [0.1, 0.15) is 17.9 Å². The predicted octanol–water partition coefficient (Wildman–Crippen LogP) is 6.67. The molecule has 0 saturated carbocycles. The Balaban J connectivity index is 1.90. The van der Waals surface area contributed by atoms with Gasteiger partial charge in [0.2, 0.25) is 0 Å². The van der Waals surface area contributed by atoms with E-state index in [-0.39, 0.29) is 12.2 Å². The molecule has 136 valence electrons. The summed E-state index contributed by atoms with van der Waals surface area (Å²) in [5.41, 5.74) is 1.89. The van der Waals surface area contributed by atoms with Gasteiger partial charge in [-0.05, 0) is 42.2 Å². The molecule has 1 aromatic heterocycles. The summed E-state index contributed by atoms with van der Waals surface area (Å²) >= 11 is 18.3. The second-order valence-corrected chi connectivity index (χ2v) is 7.23. The van der Waals surface area contributed by atoms with E-state index in [4.69, 9.17) is 44.0 Å². The van der Waals surface area contributed by atoms with Gasteiger partial charge in [0.15, 0.2) is 0 Å². The van der Waals surface area contributed by atoms with E-state index < -0.39 is 0 Å². The van der Waals surface area contributed by atoms with Crippen molar-refractivity contribution in [2.75, 3.05) is 0 Å². The molecule has 3 rings (SSSR count). The molecule has 2 aromatic carbocycles. The fraction of sp³-hybridized carbons (Fsp3) is 0.250. The number of rotatable bonds is 6. The maximum absolute atomic E-state index is 11.8. The predicted molar refractivity (Wildman–Crippen MR) is 107 cm³/mol. The van der Waals surface area contributed by atoms with Gasteiger partial charge in [0.25, 0.3) is 0 Å². The average molecular weight is 412 g/mol. The SMILES string of the molecule is CCCCc1cc(=O)oc2cc(OCc3ccc(Cl)c(Cl)c3)c(Cl)cc12. The van der Waals surface area contributed by atoms with E-state index in [2.05, 4.69) is 6.92 Å². The first-order valence-electron chi connectivity index (χ1n) is 8.31. The molecular formula is C20H17Cl3O3. The smallest absolute Gasteiger partial charge is 0.336 e. The summed E-state index contributed by atoms with van der Waals surface area (Å²) < 4.78 is 11.1. The van der Waals surface area contributed by atoms with Gasteiger partial charge >= 0.3 is 5.63 Å². The van der Waals surface area contributed by atoms with Crippen LogP contribution in [0, 0.1) is 0 Å². The summed E-state index contributed by atoms with van der Waals surface area (Å²) in [5.74, 6) is 0.445. The molecule has 0 bridgehead atoms. The van der Waals surface area contributed by atoms with Crippen LogP contribution >= 0.6 is 34.8 Å². The van der Waals surface area contributed by atoms with Gasteiger partial charge in [-0.3, -0.25) is 0 Å². The molecule has 0 amide bonds. The number of hydrogen-bond donors (Lipinski definition) is 0. The van der Waals surface area contributed by atoms with E-state index in [0.29, 0.717) is 26.4 Å². The summed E-state index contributed by atoms with van der Waals surface area (Å²) in [5, 5.41) is 2.25. The van der Waals surface area contributed by atoms with Crippen molar-refractivity contribution in [3.8, 4) is 5.75 Å². The van der Waals surface area contributed by atoms with E-state index in [9.17, 15) is 4.79 Å². The van der Waals surface area contributed by atoms with Crippen molar-refractivity contribution >= 4 is 45.8 Å². The van der Waals surface area contributed by atoms with Crippen molar-refractivity contribution in [3.63, 3.8) is 0 Å². The number of aryl methyl sites for hydroxylation is 1.